The van der Waals surface area contributed by atoms with E-state index in [4.69, 9.17) is 4.74 Å². The first kappa shape index (κ1) is 21.0. The summed E-state index contributed by atoms with van der Waals surface area (Å²) in [4.78, 5) is 22.8. The van der Waals surface area contributed by atoms with Crippen LogP contribution in [-0.2, 0) is 0 Å². The molecule has 0 aliphatic heterocycles. The predicted molar refractivity (Wildman–Crippen MR) is 109 cm³/mol. The van der Waals surface area contributed by atoms with Crippen LogP contribution in [0.2, 0.25) is 0 Å². The van der Waals surface area contributed by atoms with E-state index >= 15 is 0 Å². The Kier molecular flexibility index (Phi) is 6.10. The van der Waals surface area contributed by atoms with Crippen LogP contribution in [0.4, 0.5) is 10.1 Å². The Hall–Kier alpha value is -3.75. The molecule has 0 bridgehead atoms. The highest BCUT2D eigenvalue weighted by molar-refractivity contribution is 5.94. The quantitative estimate of drug-likeness (QED) is 0.453. The maximum atomic E-state index is 14.4. The smallest absolute Gasteiger partial charge is 0.272 e. The van der Waals surface area contributed by atoms with Crippen LogP contribution in [0.1, 0.15) is 36.3 Å². The molecule has 2 aromatic carbocycles. The van der Waals surface area contributed by atoms with Crippen molar-refractivity contribution in [2.75, 3.05) is 0 Å². The minimum Gasteiger partial charge on any atom is -0.436 e. The monoisotopic (exact) mass is 412 g/mol. The summed E-state index contributed by atoms with van der Waals surface area (Å²) >= 11 is 0. The Bertz CT molecular complexity index is 1080. The van der Waals surface area contributed by atoms with Crippen LogP contribution in [0.3, 0.4) is 0 Å². The van der Waals surface area contributed by atoms with Crippen molar-refractivity contribution >= 4 is 11.6 Å². The number of carbonyl (C=O) groups is 1. The lowest BCUT2D eigenvalue weighted by molar-refractivity contribution is -0.385. The largest absolute Gasteiger partial charge is 0.436 e. The molecule has 1 atom stereocenters. The summed E-state index contributed by atoms with van der Waals surface area (Å²) in [5.74, 6) is -1.33. The fourth-order valence-corrected chi connectivity index (χ4v) is 2.74. The van der Waals surface area contributed by atoms with Gasteiger partial charge in [0.15, 0.2) is 17.3 Å². The zero-order chi connectivity index (χ0) is 21.8. The van der Waals surface area contributed by atoms with Crippen molar-refractivity contribution in [2.24, 2.45) is 0 Å². The summed E-state index contributed by atoms with van der Waals surface area (Å²) in [5, 5.41) is 18.1. The molecule has 1 aromatic heterocycles. The van der Waals surface area contributed by atoms with Crippen LogP contribution in [0.5, 0.6) is 11.6 Å². The van der Waals surface area contributed by atoms with Gasteiger partial charge in [-0.3, -0.25) is 14.9 Å². The molecule has 0 saturated heterocycles. The predicted octanol–water partition coefficient (Wildman–Crippen LogP) is 4.55. The molecule has 1 heterocycles. The highest BCUT2D eigenvalue weighted by atomic mass is 19.1. The summed E-state index contributed by atoms with van der Waals surface area (Å²) in [6, 6.07) is 12.0. The van der Waals surface area contributed by atoms with Crippen molar-refractivity contribution in [3.8, 4) is 17.3 Å². The summed E-state index contributed by atoms with van der Waals surface area (Å²) in [7, 11) is 0. The minimum absolute atomic E-state index is 0.0461. The Morgan fingerprint density at radius 1 is 1.30 bits per heavy atom. The van der Waals surface area contributed by atoms with Gasteiger partial charge in [0.25, 0.3) is 11.6 Å². The Morgan fingerprint density at radius 3 is 2.60 bits per heavy atom. The molecule has 1 N–H and O–H groups in total. The Morgan fingerprint density at radius 2 is 2.00 bits per heavy atom. The van der Waals surface area contributed by atoms with E-state index in [1.807, 2.05) is 19.9 Å². The van der Waals surface area contributed by atoms with Gasteiger partial charge in [-0.05, 0) is 38.5 Å². The van der Waals surface area contributed by atoms with Crippen LogP contribution in [0.25, 0.3) is 5.69 Å². The zero-order valence-electron chi connectivity index (χ0n) is 16.8. The number of amides is 1. The molecule has 156 valence electrons. The van der Waals surface area contributed by atoms with E-state index in [1.165, 1.54) is 10.7 Å². The number of rotatable bonds is 7. The number of para-hydroxylation sites is 1. The van der Waals surface area contributed by atoms with E-state index in [1.54, 1.807) is 31.2 Å². The lowest BCUT2D eigenvalue weighted by atomic mass is 10.2. The molecule has 3 aromatic rings. The second-order valence-electron chi connectivity index (χ2n) is 6.78. The van der Waals surface area contributed by atoms with E-state index in [0.29, 0.717) is 11.3 Å². The van der Waals surface area contributed by atoms with Gasteiger partial charge in [0.05, 0.1) is 16.7 Å². The summed E-state index contributed by atoms with van der Waals surface area (Å²) in [5.41, 5.74) is 0.788. The molecule has 8 nitrogen and oxygen atoms in total. The van der Waals surface area contributed by atoms with Gasteiger partial charge >= 0.3 is 0 Å². The summed E-state index contributed by atoms with van der Waals surface area (Å²) in [6.07, 6.45) is 0.752. The maximum absolute atomic E-state index is 14.4. The molecule has 0 aliphatic rings. The van der Waals surface area contributed by atoms with Gasteiger partial charge in [0, 0.05) is 17.7 Å². The van der Waals surface area contributed by atoms with Gasteiger partial charge in [-0.1, -0.05) is 25.1 Å². The molecule has 0 aliphatic carbocycles. The Balaban J connectivity index is 2.06. The van der Waals surface area contributed by atoms with Crippen molar-refractivity contribution in [3.05, 3.63) is 75.7 Å². The van der Waals surface area contributed by atoms with Gasteiger partial charge in [-0.15, -0.1) is 0 Å². The third kappa shape index (κ3) is 4.29. The van der Waals surface area contributed by atoms with E-state index in [0.717, 1.165) is 18.6 Å². The number of benzene rings is 2. The average molecular weight is 412 g/mol. The number of hydrogen-bond acceptors (Lipinski definition) is 5. The average Bonchev–Trinajstić information content (AvgIpc) is 3.06. The number of hydrogen-bond donors (Lipinski definition) is 1. The third-order valence-electron chi connectivity index (χ3n) is 4.61. The van der Waals surface area contributed by atoms with Gasteiger partial charge in [0.1, 0.15) is 0 Å². The fourth-order valence-electron chi connectivity index (χ4n) is 2.74. The molecule has 0 spiro atoms. The van der Waals surface area contributed by atoms with Crippen molar-refractivity contribution in [3.63, 3.8) is 0 Å². The molecule has 9 heteroatoms. The molecule has 0 saturated carbocycles. The molecule has 30 heavy (non-hydrogen) atoms. The number of halogens is 1. The van der Waals surface area contributed by atoms with Crippen molar-refractivity contribution in [1.82, 2.24) is 15.1 Å². The number of carbonyl (C=O) groups excluding carboxylic acids is 1. The van der Waals surface area contributed by atoms with Gasteiger partial charge in [0.2, 0.25) is 5.88 Å². The van der Waals surface area contributed by atoms with Gasteiger partial charge < -0.3 is 10.1 Å². The SMILES string of the molecule is CCC(C)NC(=O)c1nn(-c2ccccc2)c(Oc2ccc([N+](=O)[O-])cc2F)c1C. The van der Waals surface area contributed by atoms with Crippen molar-refractivity contribution < 1.29 is 18.8 Å². The molecule has 1 amide bonds. The van der Waals surface area contributed by atoms with Gasteiger partial charge in [-0.25, -0.2) is 4.39 Å². The van der Waals surface area contributed by atoms with Crippen LogP contribution in [0, 0.1) is 22.9 Å². The van der Waals surface area contributed by atoms with E-state index in [-0.39, 0.29) is 35.0 Å². The van der Waals surface area contributed by atoms with E-state index in [2.05, 4.69) is 10.4 Å². The summed E-state index contributed by atoms with van der Waals surface area (Å²) in [6.45, 7) is 5.48. The Labute approximate surface area is 172 Å². The number of nitrogens with one attached hydrogen (secondary N) is 1. The fraction of sp³-hybridized carbons (Fsp3) is 0.238. The van der Waals surface area contributed by atoms with Crippen LogP contribution < -0.4 is 10.1 Å². The number of nitro benzene ring substituents is 1. The zero-order valence-corrected chi connectivity index (χ0v) is 16.8. The topological polar surface area (TPSA) is 99.3 Å². The molecular formula is C21H21FN4O4. The van der Waals surface area contributed by atoms with Gasteiger partial charge in [-0.2, -0.15) is 9.78 Å². The number of non-ortho nitro benzene ring substituents is 1. The van der Waals surface area contributed by atoms with E-state index in [9.17, 15) is 19.3 Å². The highest BCUT2D eigenvalue weighted by Crippen LogP contribution is 2.32. The van der Waals surface area contributed by atoms with E-state index < -0.39 is 10.7 Å². The number of aromatic nitrogens is 2. The second kappa shape index (κ2) is 8.73. The first-order chi connectivity index (χ1) is 14.3. The first-order valence-corrected chi connectivity index (χ1v) is 9.39. The van der Waals surface area contributed by atoms with Crippen molar-refractivity contribution in [2.45, 2.75) is 33.2 Å². The maximum Gasteiger partial charge on any atom is 0.272 e. The first-order valence-electron chi connectivity index (χ1n) is 9.39. The molecule has 3 rings (SSSR count). The van der Waals surface area contributed by atoms with Crippen LogP contribution in [-0.4, -0.2) is 26.7 Å². The molecular weight excluding hydrogens is 391 g/mol. The van der Waals surface area contributed by atoms with Crippen LogP contribution >= 0.6 is 0 Å². The van der Waals surface area contributed by atoms with Crippen molar-refractivity contribution in [1.29, 1.82) is 0 Å². The van der Waals surface area contributed by atoms with Crippen LogP contribution in [0.15, 0.2) is 48.5 Å². The second-order valence-corrected chi connectivity index (χ2v) is 6.78. The number of nitrogens with zero attached hydrogens (tertiary/aromatic N) is 3. The highest BCUT2D eigenvalue weighted by Gasteiger charge is 2.24. The molecule has 0 fully saturated rings. The third-order valence-corrected chi connectivity index (χ3v) is 4.61. The lowest BCUT2D eigenvalue weighted by Gasteiger charge is -2.10. The normalized spacial score (nSPS) is 11.7. The lowest BCUT2D eigenvalue weighted by Crippen LogP contribution is -2.32. The standard InChI is InChI=1S/C21H21FN4O4/c1-4-13(2)23-20(27)19-14(3)21(25(24-19)15-8-6-5-7-9-15)30-18-11-10-16(26(28)29)12-17(18)22/h5-13H,4H2,1-3H3,(H,23,27). The number of nitro groups is 1. The summed E-state index contributed by atoms with van der Waals surface area (Å²) < 4.78 is 21.6. The minimum atomic E-state index is -0.894. The molecule has 0 radical (unpaired) electrons. The number of ether oxygens (including phenoxy) is 1. The molecule has 1 unspecified atom stereocenters.